The molecule has 1 amide bonds. The molecular formula is C24H27FN4O2. The van der Waals surface area contributed by atoms with Gasteiger partial charge in [0.05, 0.1) is 7.11 Å². The summed E-state index contributed by atoms with van der Waals surface area (Å²) in [5.74, 6) is -0.131. The number of nitrogens with zero attached hydrogens (tertiary/aromatic N) is 3. The summed E-state index contributed by atoms with van der Waals surface area (Å²) in [5, 5.41) is 7.50. The highest BCUT2D eigenvalue weighted by Crippen LogP contribution is 2.22. The summed E-state index contributed by atoms with van der Waals surface area (Å²) >= 11 is 0. The monoisotopic (exact) mass is 422 g/mol. The van der Waals surface area contributed by atoms with Crippen LogP contribution < -0.4 is 10.1 Å². The third-order valence-corrected chi connectivity index (χ3v) is 5.71. The second-order valence-corrected chi connectivity index (χ2v) is 7.83. The van der Waals surface area contributed by atoms with Crippen LogP contribution >= 0.6 is 0 Å². The highest BCUT2D eigenvalue weighted by atomic mass is 19.1. The molecule has 1 unspecified atom stereocenters. The fraction of sp³-hybridized carbons (Fsp3) is 0.333. The van der Waals surface area contributed by atoms with E-state index in [1.165, 1.54) is 13.2 Å². The predicted molar refractivity (Wildman–Crippen MR) is 116 cm³/mol. The Hall–Kier alpha value is -3.19. The lowest BCUT2D eigenvalue weighted by Gasteiger charge is -2.33. The molecule has 3 aromatic rings. The number of piperidine rings is 1. The maximum Gasteiger partial charge on any atom is 0.249 e. The smallest absolute Gasteiger partial charge is 0.249 e. The molecule has 1 atom stereocenters. The Morgan fingerprint density at radius 1 is 1.19 bits per heavy atom. The van der Waals surface area contributed by atoms with Crippen LogP contribution in [-0.4, -0.2) is 46.8 Å². The summed E-state index contributed by atoms with van der Waals surface area (Å²) < 4.78 is 20.6. The van der Waals surface area contributed by atoms with Gasteiger partial charge in [-0.05, 0) is 42.2 Å². The molecule has 162 valence electrons. The summed E-state index contributed by atoms with van der Waals surface area (Å²) in [6, 6.07) is 16.2. The largest absolute Gasteiger partial charge is 0.494 e. The normalized spacial score (nSPS) is 16.1. The SMILES string of the molecule is COc1ccc(CN2CCC(NC(=O)C(c3ccccc3)n3cccn3)CC2)cc1F. The first kappa shape index (κ1) is 21.1. The van der Waals surface area contributed by atoms with Crippen molar-refractivity contribution in [3.05, 3.63) is 83.9 Å². The molecule has 4 rings (SSSR count). The van der Waals surface area contributed by atoms with E-state index in [4.69, 9.17) is 4.74 Å². The lowest BCUT2D eigenvalue weighted by atomic mass is 10.0. The van der Waals surface area contributed by atoms with Crippen molar-refractivity contribution in [2.24, 2.45) is 0 Å². The van der Waals surface area contributed by atoms with Crippen LogP contribution in [0.4, 0.5) is 4.39 Å². The van der Waals surface area contributed by atoms with Gasteiger partial charge in [-0.25, -0.2) is 4.39 Å². The van der Waals surface area contributed by atoms with E-state index in [-0.39, 0.29) is 23.5 Å². The fourth-order valence-electron chi connectivity index (χ4n) is 4.07. The number of halogens is 1. The van der Waals surface area contributed by atoms with Crippen LogP contribution in [0.25, 0.3) is 0 Å². The molecule has 0 radical (unpaired) electrons. The van der Waals surface area contributed by atoms with Crippen LogP contribution in [0.15, 0.2) is 67.0 Å². The number of likely N-dealkylation sites (tertiary alicyclic amines) is 1. The van der Waals surface area contributed by atoms with Crippen LogP contribution in [-0.2, 0) is 11.3 Å². The van der Waals surface area contributed by atoms with Gasteiger partial charge in [-0.2, -0.15) is 5.10 Å². The van der Waals surface area contributed by atoms with Gasteiger partial charge in [0.2, 0.25) is 5.91 Å². The molecule has 2 heterocycles. The molecule has 0 bridgehead atoms. The number of ether oxygens (including phenoxy) is 1. The molecule has 31 heavy (non-hydrogen) atoms. The van der Waals surface area contributed by atoms with Gasteiger partial charge in [0.15, 0.2) is 17.6 Å². The number of methoxy groups -OCH3 is 1. The number of carbonyl (C=O) groups excluding carboxylic acids is 1. The predicted octanol–water partition coefficient (Wildman–Crippen LogP) is 3.40. The van der Waals surface area contributed by atoms with Gasteiger partial charge < -0.3 is 10.1 Å². The first-order valence-electron chi connectivity index (χ1n) is 10.5. The van der Waals surface area contributed by atoms with Crippen molar-refractivity contribution < 1.29 is 13.9 Å². The second-order valence-electron chi connectivity index (χ2n) is 7.83. The van der Waals surface area contributed by atoms with E-state index < -0.39 is 6.04 Å². The van der Waals surface area contributed by atoms with Gasteiger partial charge in [0.25, 0.3) is 0 Å². The lowest BCUT2D eigenvalue weighted by molar-refractivity contribution is -0.124. The molecule has 1 aromatic heterocycles. The highest BCUT2D eigenvalue weighted by Gasteiger charge is 2.27. The minimum atomic E-state index is -0.489. The van der Waals surface area contributed by atoms with E-state index in [2.05, 4.69) is 15.3 Å². The highest BCUT2D eigenvalue weighted by molar-refractivity contribution is 5.83. The number of hydrogen-bond acceptors (Lipinski definition) is 4. The third kappa shape index (κ3) is 5.11. The topological polar surface area (TPSA) is 59.4 Å². The van der Waals surface area contributed by atoms with Crippen molar-refractivity contribution in [2.45, 2.75) is 31.5 Å². The minimum absolute atomic E-state index is 0.0504. The van der Waals surface area contributed by atoms with Crippen molar-refractivity contribution in [3.63, 3.8) is 0 Å². The van der Waals surface area contributed by atoms with E-state index in [1.54, 1.807) is 16.9 Å². The molecule has 1 aliphatic heterocycles. The Morgan fingerprint density at radius 3 is 2.61 bits per heavy atom. The molecule has 1 N–H and O–H groups in total. The maximum atomic E-state index is 13.9. The Morgan fingerprint density at radius 2 is 1.97 bits per heavy atom. The first-order valence-corrected chi connectivity index (χ1v) is 10.5. The molecule has 1 fully saturated rings. The quantitative estimate of drug-likeness (QED) is 0.634. The summed E-state index contributed by atoms with van der Waals surface area (Å²) in [4.78, 5) is 15.4. The average Bonchev–Trinajstić information content (AvgIpc) is 3.30. The minimum Gasteiger partial charge on any atom is -0.494 e. The van der Waals surface area contributed by atoms with Crippen molar-refractivity contribution in [1.82, 2.24) is 20.0 Å². The van der Waals surface area contributed by atoms with E-state index in [0.29, 0.717) is 6.54 Å². The summed E-state index contributed by atoms with van der Waals surface area (Å²) in [5.41, 5.74) is 1.83. The van der Waals surface area contributed by atoms with Crippen molar-refractivity contribution in [3.8, 4) is 5.75 Å². The second kappa shape index (κ2) is 9.75. The Balaban J connectivity index is 1.34. The number of hydrogen-bond donors (Lipinski definition) is 1. The number of amides is 1. The Kier molecular flexibility index (Phi) is 6.62. The number of carbonyl (C=O) groups is 1. The average molecular weight is 423 g/mol. The summed E-state index contributed by atoms with van der Waals surface area (Å²) in [6.07, 6.45) is 5.20. The molecule has 6 nitrogen and oxygen atoms in total. The van der Waals surface area contributed by atoms with Gasteiger partial charge >= 0.3 is 0 Å². The van der Waals surface area contributed by atoms with Crippen LogP contribution in [0.5, 0.6) is 5.75 Å². The number of aromatic nitrogens is 2. The standard InChI is InChI=1S/C24H27FN4O2/c1-31-22-9-8-18(16-21(22)25)17-28-14-10-20(11-15-28)27-24(30)23(29-13-5-12-26-29)19-6-3-2-4-7-19/h2-9,12-13,16,20,23H,10-11,14-15,17H2,1H3,(H,27,30). The van der Waals surface area contributed by atoms with Crippen LogP contribution in [0.2, 0.25) is 0 Å². The zero-order valence-corrected chi connectivity index (χ0v) is 17.6. The van der Waals surface area contributed by atoms with E-state index in [0.717, 1.165) is 37.1 Å². The summed E-state index contributed by atoms with van der Waals surface area (Å²) in [6.45, 7) is 2.37. The van der Waals surface area contributed by atoms with Gasteiger partial charge in [0.1, 0.15) is 0 Å². The Labute approximate surface area is 181 Å². The van der Waals surface area contributed by atoms with Crippen LogP contribution in [0.3, 0.4) is 0 Å². The van der Waals surface area contributed by atoms with E-state index in [1.807, 2.05) is 48.7 Å². The molecule has 0 saturated carbocycles. The van der Waals surface area contributed by atoms with Gasteiger partial charge in [0, 0.05) is 38.1 Å². The number of rotatable bonds is 7. The summed E-state index contributed by atoms with van der Waals surface area (Å²) in [7, 11) is 1.46. The van der Waals surface area contributed by atoms with Gasteiger partial charge in [-0.3, -0.25) is 14.4 Å². The maximum absolute atomic E-state index is 13.9. The van der Waals surface area contributed by atoms with Gasteiger partial charge in [-0.1, -0.05) is 36.4 Å². The molecule has 7 heteroatoms. The van der Waals surface area contributed by atoms with Crippen molar-refractivity contribution in [2.75, 3.05) is 20.2 Å². The van der Waals surface area contributed by atoms with Gasteiger partial charge in [-0.15, -0.1) is 0 Å². The van der Waals surface area contributed by atoms with Crippen molar-refractivity contribution in [1.29, 1.82) is 0 Å². The molecule has 0 aliphatic carbocycles. The zero-order chi connectivity index (χ0) is 21.6. The molecule has 1 aliphatic rings. The molecule has 1 saturated heterocycles. The Bertz CT molecular complexity index is 986. The van der Waals surface area contributed by atoms with Crippen LogP contribution in [0.1, 0.15) is 30.0 Å². The third-order valence-electron chi connectivity index (χ3n) is 5.71. The number of benzene rings is 2. The zero-order valence-electron chi connectivity index (χ0n) is 17.6. The van der Waals surface area contributed by atoms with Crippen molar-refractivity contribution >= 4 is 5.91 Å². The van der Waals surface area contributed by atoms with Crippen LogP contribution in [0, 0.1) is 5.82 Å². The number of nitrogens with one attached hydrogen (secondary N) is 1. The molecule has 2 aromatic carbocycles. The van der Waals surface area contributed by atoms with E-state index in [9.17, 15) is 9.18 Å². The first-order chi connectivity index (χ1) is 15.1. The molecular weight excluding hydrogens is 395 g/mol. The lowest BCUT2D eigenvalue weighted by Crippen LogP contribution is -2.46. The van der Waals surface area contributed by atoms with E-state index >= 15 is 0 Å². The molecule has 0 spiro atoms. The fourth-order valence-corrected chi connectivity index (χ4v) is 4.07.